The highest BCUT2D eigenvalue weighted by atomic mass is 79.9. The van der Waals surface area contributed by atoms with Crippen LogP contribution < -0.4 is 10.6 Å². The van der Waals surface area contributed by atoms with Gasteiger partial charge in [-0.3, -0.25) is 9.59 Å². The van der Waals surface area contributed by atoms with Gasteiger partial charge in [0.1, 0.15) is 5.82 Å². The average molecular weight is 400 g/mol. The lowest BCUT2D eigenvalue weighted by Gasteiger charge is -2.09. The summed E-state index contributed by atoms with van der Waals surface area (Å²) in [5.41, 5.74) is 0.566. The number of halogens is 3. The highest BCUT2D eigenvalue weighted by Crippen LogP contribution is 2.17. The van der Waals surface area contributed by atoms with Crippen LogP contribution in [0.2, 0.25) is 5.02 Å². The van der Waals surface area contributed by atoms with Crippen LogP contribution in [0.5, 0.6) is 0 Å². The second-order valence-corrected chi connectivity index (χ2v) is 5.88. The number of hydrogen-bond acceptors (Lipinski definition) is 2. The van der Waals surface area contributed by atoms with Crippen molar-refractivity contribution in [3.8, 4) is 0 Å². The van der Waals surface area contributed by atoms with Crippen LogP contribution in [0, 0.1) is 5.82 Å². The van der Waals surface area contributed by atoms with Crippen LogP contribution in [0.1, 0.15) is 20.7 Å². The molecule has 2 N–H and O–H groups in total. The van der Waals surface area contributed by atoms with Crippen molar-refractivity contribution in [2.45, 2.75) is 0 Å². The summed E-state index contributed by atoms with van der Waals surface area (Å²) in [4.78, 5) is 23.9. The first-order chi connectivity index (χ1) is 11.0. The molecule has 4 nitrogen and oxygen atoms in total. The fourth-order valence-corrected chi connectivity index (χ4v) is 2.51. The molecule has 0 atom stereocenters. The van der Waals surface area contributed by atoms with Crippen LogP contribution in [0.25, 0.3) is 0 Å². The maximum absolute atomic E-state index is 13.2. The normalized spacial score (nSPS) is 10.2. The Balaban J connectivity index is 1.83. The molecule has 0 heterocycles. The van der Waals surface area contributed by atoms with Crippen molar-refractivity contribution < 1.29 is 14.0 Å². The van der Waals surface area contributed by atoms with Gasteiger partial charge >= 0.3 is 0 Å². The van der Waals surface area contributed by atoms with Crippen LogP contribution in [-0.4, -0.2) is 24.9 Å². The first-order valence-corrected chi connectivity index (χ1v) is 7.92. The Morgan fingerprint density at radius 2 is 1.61 bits per heavy atom. The summed E-state index contributed by atoms with van der Waals surface area (Å²) in [5.74, 6) is -1.24. The second-order valence-electron chi connectivity index (χ2n) is 4.62. The van der Waals surface area contributed by atoms with Gasteiger partial charge in [0.2, 0.25) is 0 Å². The average Bonchev–Trinajstić information content (AvgIpc) is 2.53. The Hall–Kier alpha value is -1.92. The molecule has 2 aromatic rings. The second kappa shape index (κ2) is 8.08. The van der Waals surface area contributed by atoms with Crippen LogP contribution in [-0.2, 0) is 0 Å². The summed E-state index contributed by atoms with van der Waals surface area (Å²) in [7, 11) is 0. The maximum Gasteiger partial charge on any atom is 0.252 e. The van der Waals surface area contributed by atoms with Gasteiger partial charge in [-0.1, -0.05) is 23.7 Å². The molecule has 2 amide bonds. The molecule has 0 aliphatic heterocycles. The summed E-state index contributed by atoms with van der Waals surface area (Å²) in [6, 6.07) is 10.5. The Morgan fingerprint density at radius 3 is 2.26 bits per heavy atom. The molecule has 0 saturated heterocycles. The van der Waals surface area contributed by atoms with E-state index >= 15 is 0 Å². The zero-order chi connectivity index (χ0) is 16.8. The molecular formula is C16H13BrClFN2O2. The van der Waals surface area contributed by atoms with Gasteiger partial charge in [0, 0.05) is 17.6 Å². The molecule has 23 heavy (non-hydrogen) atoms. The topological polar surface area (TPSA) is 58.2 Å². The van der Waals surface area contributed by atoms with E-state index in [-0.39, 0.29) is 24.6 Å². The molecule has 0 unspecified atom stereocenters. The molecule has 0 bridgehead atoms. The van der Waals surface area contributed by atoms with E-state index in [1.165, 1.54) is 12.1 Å². The van der Waals surface area contributed by atoms with Gasteiger partial charge in [-0.15, -0.1) is 0 Å². The van der Waals surface area contributed by atoms with Crippen LogP contribution >= 0.6 is 27.5 Å². The molecule has 2 rings (SSSR count). The van der Waals surface area contributed by atoms with Crippen molar-refractivity contribution >= 4 is 39.3 Å². The standard InChI is InChI=1S/C16H13BrClFN2O2/c17-13-6-5-10(19)9-12(13)16(23)21-8-7-20-15(22)11-3-1-2-4-14(11)18/h1-6,9H,7-8H2,(H,20,22)(H,21,23). The van der Waals surface area contributed by atoms with E-state index in [9.17, 15) is 14.0 Å². The van der Waals surface area contributed by atoms with E-state index in [0.717, 1.165) is 6.07 Å². The summed E-state index contributed by atoms with van der Waals surface area (Å²) in [5, 5.41) is 5.61. The lowest BCUT2D eigenvalue weighted by atomic mass is 10.2. The van der Waals surface area contributed by atoms with Crippen molar-refractivity contribution in [3.63, 3.8) is 0 Å². The molecule has 0 spiro atoms. The Bertz CT molecular complexity index is 740. The smallest absolute Gasteiger partial charge is 0.252 e. The zero-order valence-corrected chi connectivity index (χ0v) is 14.2. The molecule has 120 valence electrons. The van der Waals surface area contributed by atoms with E-state index < -0.39 is 11.7 Å². The molecule has 0 saturated carbocycles. The van der Waals surface area contributed by atoms with Crippen molar-refractivity contribution in [3.05, 3.63) is 68.9 Å². The zero-order valence-electron chi connectivity index (χ0n) is 11.9. The minimum absolute atomic E-state index is 0.197. The van der Waals surface area contributed by atoms with E-state index in [1.807, 2.05) is 0 Å². The van der Waals surface area contributed by atoms with Crippen LogP contribution in [0.4, 0.5) is 4.39 Å². The van der Waals surface area contributed by atoms with Gasteiger partial charge in [0.15, 0.2) is 0 Å². The number of amides is 2. The molecule has 7 heteroatoms. The lowest BCUT2D eigenvalue weighted by molar-refractivity contribution is 0.0927. The van der Waals surface area contributed by atoms with E-state index in [1.54, 1.807) is 24.3 Å². The first kappa shape index (κ1) is 17.4. The number of nitrogens with one attached hydrogen (secondary N) is 2. The summed E-state index contributed by atoms with van der Waals surface area (Å²) >= 11 is 9.11. The fraction of sp³-hybridized carbons (Fsp3) is 0.125. The quantitative estimate of drug-likeness (QED) is 0.757. The SMILES string of the molecule is O=C(NCCNC(=O)c1cc(F)ccc1Br)c1ccccc1Cl. The van der Waals surface area contributed by atoms with Crippen molar-refractivity contribution in [2.24, 2.45) is 0 Å². The molecule has 0 aliphatic carbocycles. The van der Waals surface area contributed by atoms with Crippen LogP contribution in [0.15, 0.2) is 46.9 Å². The molecule has 0 aromatic heterocycles. The van der Waals surface area contributed by atoms with Gasteiger partial charge in [-0.05, 0) is 46.3 Å². The molecule has 0 fully saturated rings. The van der Waals surface area contributed by atoms with Gasteiger partial charge in [0.05, 0.1) is 16.1 Å². The fourth-order valence-electron chi connectivity index (χ4n) is 1.86. The van der Waals surface area contributed by atoms with E-state index in [0.29, 0.717) is 15.1 Å². The molecule has 2 aromatic carbocycles. The monoisotopic (exact) mass is 398 g/mol. The molecule has 0 aliphatic rings. The minimum Gasteiger partial charge on any atom is -0.350 e. The molecule has 0 radical (unpaired) electrons. The van der Waals surface area contributed by atoms with E-state index in [2.05, 4.69) is 26.6 Å². The number of carbonyl (C=O) groups is 2. The number of benzene rings is 2. The largest absolute Gasteiger partial charge is 0.350 e. The highest BCUT2D eigenvalue weighted by Gasteiger charge is 2.12. The van der Waals surface area contributed by atoms with Gasteiger partial charge in [0.25, 0.3) is 11.8 Å². The van der Waals surface area contributed by atoms with E-state index in [4.69, 9.17) is 11.6 Å². The lowest BCUT2D eigenvalue weighted by Crippen LogP contribution is -2.35. The summed E-state index contributed by atoms with van der Waals surface area (Å²) in [6.45, 7) is 0.431. The third-order valence-electron chi connectivity index (χ3n) is 2.99. The third kappa shape index (κ3) is 4.77. The van der Waals surface area contributed by atoms with Gasteiger partial charge < -0.3 is 10.6 Å². The Kier molecular flexibility index (Phi) is 6.12. The van der Waals surface area contributed by atoms with Gasteiger partial charge in [-0.25, -0.2) is 4.39 Å². The minimum atomic E-state index is -0.495. The number of rotatable bonds is 5. The van der Waals surface area contributed by atoms with Crippen molar-refractivity contribution in [1.29, 1.82) is 0 Å². The summed E-state index contributed by atoms with van der Waals surface area (Å²) < 4.78 is 13.7. The van der Waals surface area contributed by atoms with Crippen molar-refractivity contribution in [1.82, 2.24) is 10.6 Å². The van der Waals surface area contributed by atoms with Crippen LogP contribution in [0.3, 0.4) is 0 Å². The van der Waals surface area contributed by atoms with Gasteiger partial charge in [-0.2, -0.15) is 0 Å². The first-order valence-electron chi connectivity index (χ1n) is 6.75. The Labute approximate surface area is 146 Å². The Morgan fingerprint density at radius 1 is 1.00 bits per heavy atom. The predicted molar refractivity (Wildman–Crippen MR) is 90.2 cm³/mol. The third-order valence-corrected chi connectivity index (χ3v) is 4.01. The number of carbonyl (C=O) groups excluding carboxylic acids is 2. The maximum atomic E-state index is 13.2. The van der Waals surface area contributed by atoms with Crippen molar-refractivity contribution in [2.75, 3.05) is 13.1 Å². The summed E-state index contributed by atoms with van der Waals surface area (Å²) in [6.07, 6.45) is 0. The predicted octanol–water partition coefficient (Wildman–Crippen LogP) is 3.40. The molecular weight excluding hydrogens is 387 g/mol. The number of hydrogen-bond donors (Lipinski definition) is 2. The highest BCUT2D eigenvalue weighted by molar-refractivity contribution is 9.10.